The molecule has 0 bridgehead atoms. The van der Waals surface area contributed by atoms with Gasteiger partial charge < -0.3 is 0 Å². The zero-order chi connectivity index (χ0) is 13.9. The largest absolute Gasteiger partial charge is 0.261 e. The van der Waals surface area contributed by atoms with E-state index in [0.717, 1.165) is 0 Å². The first-order chi connectivity index (χ1) is 9.31. The van der Waals surface area contributed by atoms with Crippen LogP contribution >= 0.6 is 0 Å². The molecule has 1 aromatic rings. The number of unbranched alkanes of at least 4 members (excludes halogenated alkanes) is 4. The van der Waals surface area contributed by atoms with Crippen molar-refractivity contribution >= 4 is 0 Å². The van der Waals surface area contributed by atoms with Gasteiger partial charge in [-0.25, -0.2) is 0 Å². The van der Waals surface area contributed by atoms with Crippen LogP contribution in [0.2, 0.25) is 0 Å². The van der Waals surface area contributed by atoms with E-state index in [2.05, 4.69) is 33.0 Å². The Balaban J connectivity index is 2.70. The second-order valence-electron chi connectivity index (χ2n) is 5.61. The van der Waals surface area contributed by atoms with Crippen molar-refractivity contribution in [2.75, 3.05) is 0 Å². The highest BCUT2D eigenvalue weighted by molar-refractivity contribution is 5.26. The molecule has 0 atom stereocenters. The number of hydrogen-bond acceptors (Lipinski definition) is 1. The van der Waals surface area contributed by atoms with Crippen molar-refractivity contribution in [3.8, 4) is 0 Å². The molecule has 1 aromatic heterocycles. The normalized spacial score (nSPS) is 10.9. The summed E-state index contributed by atoms with van der Waals surface area (Å²) in [4.78, 5) is 4.76. The zero-order valence-corrected chi connectivity index (χ0v) is 13.2. The number of rotatable bonds is 10. The maximum absolute atomic E-state index is 4.76. The molecule has 0 aliphatic rings. The lowest BCUT2D eigenvalue weighted by molar-refractivity contribution is 0.692. The van der Waals surface area contributed by atoms with E-state index in [-0.39, 0.29) is 0 Å². The third-order valence-electron chi connectivity index (χ3n) is 3.75. The van der Waals surface area contributed by atoms with Crippen molar-refractivity contribution in [2.45, 2.75) is 85.0 Å². The predicted molar refractivity (Wildman–Crippen MR) is 84.7 cm³/mol. The Bertz CT molecular complexity index is 344. The molecule has 1 rings (SSSR count). The highest BCUT2D eigenvalue weighted by atomic mass is 14.7. The standard InChI is InChI=1S/C18H31N/c1-4-7-10-13-18-17(12-9-6-3)14-16(15-19-18)11-8-5-2/h14-15H,4-13H2,1-3H3. The minimum absolute atomic E-state index is 1.17. The molecule has 108 valence electrons. The van der Waals surface area contributed by atoms with Crippen LogP contribution in [0.3, 0.4) is 0 Å². The van der Waals surface area contributed by atoms with Gasteiger partial charge in [0.05, 0.1) is 0 Å². The molecule has 0 aliphatic heterocycles. The number of hydrogen-bond donors (Lipinski definition) is 0. The van der Waals surface area contributed by atoms with Gasteiger partial charge in [-0.15, -0.1) is 0 Å². The monoisotopic (exact) mass is 261 g/mol. The van der Waals surface area contributed by atoms with Crippen molar-refractivity contribution in [1.29, 1.82) is 0 Å². The van der Waals surface area contributed by atoms with E-state index < -0.39 is 0 Å². The molecule has 0 spiro atoms. The lowest BCUT2D eigenvalue weighted by atomic mass is 9.99. The van der Waals surface area contributed by atoms with E-state index >= 15 is 0 Å². The number of pyridine rings is 1. The number of nitrogens with zero attached hydrogens (tertiary/aromatic N) is 1. The predicted octanol–water partition coefficient (Wildman–Crippen LogP) is 5.50. The van der Waals surface area contributed by atoms with Gasteiger partial charge in [-0.1, -0.05) is 52.5 Å². The van der Waals surface area contributed by atoms with Crippen LogP contribution in [0.1, 0.15) is 82.5 Å². The SMILES string of the molecule is CCCCCc1ncc(CCCC)cc1CCCC. The van der Waals surface area contributed by atoms with E-state index in [1.807, 2.05) is 0 Å². The van der Waals surface area contributed by atoms with Crippen molar-refractivity contribution in [2.24, 2.45) is 0 Å². The highest BCUT2D eigenvalue weighted by Gasteiger charge is 2.05. The minimum Gasteiger partial charge on any atom is -0.261 e. The summed E-state index contributed by atoms with van der Waals surface area (Å²) in [6, 6.07) is 2.43. The maximum atomic E-state index is 4.76. The van der Waals surface area contributed by atoms with Crippen molar-refractivity contribution in [3.63, 3.8) is 0 Å². The molecule has 0 unspecified atom stereocenters. The van der Waals surface area contributed by atoms with Gasteiger partial charge in [0.1, 0.15) is 0 Å². The smallest absolute Gasteiger partial charge is 0.0435 e. The van der Waals surface area contributed by atoms with E-state index in [1.54, 1.807) is 0 Å². The molecule has 1 heteroatoms. The Labute approximate surface area is 119 Å². The first kappa shape index (κ1) is 16.2. The zero-order valence-electron chi connectivity index (χ0n) is 13.2. The summed E-state index contributed by atoms with van der Waals surface area (Å²) >= 11 is 0. The second-order valence-corrected chi connectivity index (χ2v) is 5.61. The Morgan fingerprint density at radius 3 is 2.16 bits per heavy atom. The number of aryl methyl sites for hydroxylation is 3. The summed E-state index contributed by atoms with van der Waals surface area (Å²) < 4.78 is 0. The fourth-order valence-electron chi connectivity index (χ4n) is 2.46. The van der Waals surface area contributed by atoms with Crippen molar-refractivity contribution in [1.82, 2.24) is 4.98 Å². The maximum Gasteiger partial charge on any atom is 0.0435 e. The van der Waals surface area contributed by atoms with Crippen molar-refractivity contribution in [3.05, 3.63) is 29.1 Å². The van der Waals surface area contributed by atoms with Gasteiger partial charge in [0.25, 0.3) is 0 Å². The molecule has 0 aromatic carbocycles. The van der Waals surface area contributed by atoms with Gasteiger partial charge >= 0.3 is 0 Å². The lowest BCUT2D eigenvalue weighted by Gasteiger charge is -2.11. The number of aromatic nitrogens is 1. The van der Waals surface area contributed by atoms with Crippen molar-refractivity contribution < 1.29 is 0 Å². The molecule has 0 radical (unpaired) electrons. The second kappa shape index (κ2) is 10.00. The first-order valence-electron chi connectivity index (χ1n) is 8.28. The van der Waals surface area contributed by atoms with E-state index in [4.69, 9.17) is 4.98 Å². The minimum atomic E-state index is 1.17. The molecule has 0 fully saturated rings. The van der Waals surface area contributed by atoms with Crippen LogP contribution in [0.25, 0.3) is 0 Å². The van der Waals surface area contributed by atoms with Crippen LogP contribution in [0, 0.1) is 0 Å². The Morgan fingerprint density at radius 2 is 1.47 bits per heavy atom. The summed E-state index contributed by atoms with van der Waals surface area (Å²) in [7, 11) is 0. The third kappa shape index (κ3) is 6.22. The quantitative estimate of drug-likeness (QED) is 0.507. The van der Waals surface area contributed by atoms with Gasteiger partial charge in [0.2, 0.25) is 0 Å². The van der Waals surface area contributed by atoms with Crippen LogP contribution < -0.4 is 0 Å². The molecule has 0 aliphatic carbocycles. The molecule has 0 saturated carbocycles. The van der Waals surface area contributed by atoms with Gasteiger partial charge in [-0.2, -0.15) is 0 Å². The molecule has 1 nitrogen and oxygen atoms in total. The topological polar surface area (TPSA) is 12.9 Å². The van der Waals surface area contributed by atoms with E-state index in [1.165, 1.54) is 81.0 Å². The average molecular weight is 261 g/mol. The van der Waals surface area contributed by atoms with Gasteiger partial charge in [-0.3, -0.25) is 4.98 Å². The summed E-state index contributed by atoms with van der Waals surface area (Å²) in [5.74, 6) is 0. The average Bonchev–Trinajstić information content (AvgIpc) is 2.44. The summed E-state index contributed by atoms with van der Waals surface area (Å²) in [6.07, 6.45) is 14.7. The van der Waals surface area contributed by atoms with E-state index in [0.29, 0.717) is 0 Å². The molecule has 0 N–H and O–H groups in total. The van der Waals surface area contributed by atoms with Gasteiger partial charge in [0, 0.05) is 11.9 Å². The molecule has 0 amide bonds. The molecule has 19 heavy (non-hydrogen) atoms. The fraction of sp³-hybridized carbons (Fsp3) is 0.722. The van der Waals surface area contributed by atoms with Gasteiger partial charge in [0.15, 0.2) is 0 Å². The first-order valence-corrected chi connectivity index (χ1v) is 8.28. The third-order valence-corrected chi connectivity index (χ3v) is 3.75. The Kier molecular flexibility index (Phi) is 8.53. The van der Waals surface area contributed by atoms with Crippen LogP contribution in [0.5, 0.6) is 0 Å². The molecular formula is C18H31N. The molecular weight excluding hydrogens is 230 g/mol. The van der Waals surface area contributed by atoms with Crippen LogP contribution in [0.4, 0.5) is 0 Å². The summed E-state index contributed by atoms with van der Waals surface area (Å²) in [5.41, 5.74) is 4.32. The molecule has 0 saturated heterocycles. The van der Waals surface area contributed by atoms with Crippen LogP contribution in [-0.4, -0.2) is 4.98 Å². The lowest BCUT2D eigenvalue weighted by Crippen LogP contribution is -2.01. The molecule has 1 heterocycles. The van der Waals surface area contributed by atoms with E-state index in [9.17, 15) is 0 Å². The Morgan fingerprint density at radius 1 is 0.789 bits per heavy atom. The Hall–Kier alpha value is -0.850. The van der Waals surface area contributed by atoms with Crippen LogP contribution in [0.15, 0.2) is 12.3 Å². The highest BCUT2D eigenvalue weighted by Crippen LogP contribution is 2.16. The fourth-order valence-corrected chi connectivity index (χ4v) is 2.46. The van der Waals surface area contributed by atoms with Crippen LogP contribution in [-0.2, 0) is 19.3 Å². The van der Waals surface area contributed by atoms with Gasteiger partial charge in [-0.05, 0) is 49.7 Å². The summed E-state index contributed by atoms with van der Waals surface area (Å²) in [5, 5.41) is 0. The summed E-state index contributed by atoms with van der Waals surface area (Å²) in [6.45, 7) is 6.79.